The highest BCUT2D eigenvalue weighted by Gasteiger charge is 2.42. The van der Waals surface area contributed by atoms with E-state index < -0.39 is 139 Å². The van der Waals surface area contributed by atoms with E-state index in [9.17, 15) is 58.1 Å². The maximum absolute atomic E-state index is 16.2. The Morgan fingerprint density at radius 3 is 2.21 bits per heavy atom. The number of carboxylic acid groups (broad SMARTS) is 1. The third-order valence-electron chi connectivity index (χ3n) is 13.4. The lowest BCUT2D eigenvalue weighted by Gasteiger charge is -2.33. The van der Waals surface area contributed by atoms with Crippen molar-refractivity contribution in [2.45, 2.75) is 86.4 Å². The molecule has 3 aliphatic rings. The van der Waals surface area contributed by atoms with Crippen LogP contribution >= 0.6 is 0 Å². The Kier molecular flexibility index (Phi) is 15.7. The second-order valence-electron chi connectivity index (χ2n) is 18.3. The molecule has 3 aromatic heterocycles. The van der Waals surface area contributed by atoms with Crippen molar-refractivity contribution in [3.05, 3.63) is 101 Å². The Hall–Kier alpha value is -8.46. The number of hydrogen-bond acceptors (Lipinski definition) is 13. The molecule has 396 valence electrons. The molecule has 8 bridgehead atoms. The van der Waals surface area contributed by atoms with Crippen LogP contribution in [0.5, 0.6) is 5.75 Å². The topological polar surface area (TPSA) is 404 Å². The Labute approximate surface area is 423 Å². The number of H-pyrrole nitrogens is 3. The second-order valence-corrected chi connectivity index (χ2v) is 18.3. The van der Waals surface area contributed by atoms with Crippen LogP contribution in [0.2, 0.25) is 0 Å². The number of fused-ring (bicyclic) bond motifs is 8. The number of nitrogens with one attached hydrogen (secondary N) is 9. The third kappa shape index (κ3) is 11.2. The van der Waals surface area contributed by atoms with Crippen LogP contribution in [0, 0.1) is 11.6 Å². The molecule has 75 heavy (non-hydrogen) atoms. The standard InChI is InChI=1S/C49H54F2N12O12/c50-23-4-6-24-22(15-55-32(24)13-23)12-34(49(73)74)59-45(69)35(18-64)60-47(71)39-25(2-1-9-52)20-3-5-27-28(17-56-31(27)11-20)41-40(48(72)61-36(19-65)46(70)62-39)63-44(68)33(14-37(54)66)58-43(67)30(53)10-21-16-57-38-26(21)7-8-29(51)42(38)75-41/h3-8,11,13,15-17,25,30,33-36,39-41,55-57,64-65H,1-2,9-10,12,14,18-19,52-53H2,(H2,54,66)(H,58,67)(H,59,69)(H,60,71)(H,61,72)(H,62,70)(H,63,68)(H,73,74)/t25-,30-,33-,34-,35-,36-,39?,40-,41+/m0/s1. The van der Waals surface area contributed by atoms with Crippen molar-refractivity contribution in [3.63, 3.8) is 0 Å². The number of aromatic amines is 3. The molecule has 6 aromatic rings. The van der Waals surface area contributed by atoms with Crippen LogP contribution in [-0.4, -0.2) is 140 Å². The molecule has 0 radical (unpaired) electrons. The Bertz CT molecular complexity index is 3210. The highest BCUT2D eigenvalue weighted by molar-refractivity contribution is 6.00. The molecule has 0 spiro atoms. The largest absolute Gasteiger partial charge is 0.480 e. The van der Waals surface area contributed by atoms with Crippen LogP contribution in [0.15, 0.2) is 67.1 Å². The number of hydrogen-bond donors (Lipinski definition) is 15. The van der Waals surface area contributed by atoms with Crippen molar-refractivity contribution in [1.29, 1.82) is 0 Å². The molecular formula is C49H54F2N12O12. The minimum atomic E-state index is -2.01. The number of aliphatic hydroxyl groups excluding tert-OH is 2. The molecular weight excluding hydrogens is 987 g/mol. The molecule has 6 heterocycles. The predicted octanol–water partition coefficient (Wildman–Crippen LogP) is -1.66. The van der Waals surface area contributed by atoms with E-state index in [0.717, 1.165) is 6.07 Å². The first-order valence-corrected chi connectivity index (χ1v) is 23.7. The second kappa shape index (κ2) is 22.3. The summed E-state index contributed by atoms with van der Waals surface area (Å²) < 4.78 is 36.6. The van der Waals surface area contributed by atoms with Gasteiger partial charge in [0.2, 0.25) is 41.4 Å². The minimum absolute atomic E-state index is 0.0832. The van der Waals surface area contributed by atoms with Gasteiger partial charge in [-0.1, -0.05) is 12.1 Å². The summed E-state index contributed by atoms with van der Waals surface area (Å²) >= 11 is 0. The van der Waals surface area contributed by atoms with Gasteiger partial charge in [0.15, 0.2) is 17.7 Å². The van der Waals surface area contributed by atoms with E-state index in [2.05, 4.69) is 46.9 Å². The summed E-state index contributed by atoms with van der Waals surface area (Å²) in [5.41, 5.74) is 19.8. The third-order valence-corrected chi connectivity index (χ3v) is 13.4. The zero-order chi connectivity index (χ0) is 53.8. The minimum Gasteiger partial charge on any atom is -0.480 e. The molecule has 7 amide bonds. The number of primary amides is 1. The molecule has 18 N–H and O–H groups in total. The van der Waals surface area contributed by atoms with Crippen molar-refractivity contribution in [1.82, 2.24) is 46.9 Å². The van der Waals surface area contributed by atoms with E-state index in [1.807, 2.05) is 0 Å². The van der Waals surface area contributed by atoms with E-state index >= 15 is 4.39 Å². The fraction of sp³-hybridized carbons (Fsp3) is 0.347. The van der Waals surface area contributed by atoms with Crippen molar-refractivity contribution in [3.8, 4) is 5.75 Å². The molecule has 0 saturated heterocycles. The number of carbonyl (C=O) groups excluding carboxylic acids is 7. The van der Waals surface area contributed by atoms with Crippen molar-refractivity contribution >= 4 is 80.0 Å². The maximum atomic E-state index is 16.2. The first kappa shape index (κ1) is 52.9. The Morgan fingerprint density at radius 2 is 1.49 bits per heavy atom. The number of aromatic nitrogens is 3. The lowest BCUT2D eigenvalue weighted by atomic mass is 9.85. The van der Waals surface area contributed by atoms with Crippen LogP contribution in [-0.2, 0) is 51.2 Å². The summed E-state index contributed by atoms with van der Waals surface area (Å²) in [5.74, 6) is -12.1. The van der Waals surface area contributed by atoms with Crippen LogP contribution in [0.3, 0.4) is 0 Å². The van der Waals surface area contributed by atoms with Gasteiger partial charge in [0.25, 0.3) is 0 Å². The summed E-state index contributed by atoms with van der Waals surface area (Å²) in [6, 6.07) is -1.05. The quantitative estimate of drug-likeness (QED) is 0.0581. The van der Waals surface area contributed by atoms with Gasteiger partial charge in [-0.2, -0.15) is 0 Å². The molecule has 9 atom stereocenters. The van der Waals surface area contributed by atoms with Gasteiger partial charge in [0, 0.05) is 63.7 Å². The highest BCUT2D eigenvalue weighted by Crippen LogP contribution is 2.39. The molecule has 0 aliphatic carbocycles. The average Bonchev–Trinajstić information content (AvgIpc) is 4.11. The molecule has 3 aliphatic heterocycles. The number of halogens is 2. The normalized spacial score (nSPS) is 22.2. The van der Waals surface area contributed by atoms with E-state index in [0.29, 0.717) is 43.9 Å². The smallest absolute Gasteiger partial charge is 0.326 e. The zero-order valence-electron chi connectivity index (χ0n) is 39.7. The van der Waals surface area contributed by atoms with Crippen molar-refractivity contribution in [2.75, 3.05) is 19.8 Å². The number of nitrogens with two attached hydrogens (primary N) is 3. The fourth-order valence-electron chi connectivity index (χ4n) is 9.51. The van der Waals surface area contributed by atoms with Gasteiger partial charge in [-0.3, -0.25) is 33.6 Å². The number of carboxylic acids is 1. The van der Waals surface area contributed by atoms with Gasteiger partial charge in [-0.05, 0) is 78.9 Å². The average molecular weight is 1040 g/mol. The van der Waals surface area contributed by atoms with Gasteiger partial charge in [0.1, 0.15) is 42.1 Å². The van der Waals surface area contributed by atoms with Crippen LogP contribution in [0.1, 0.15) is 53.5 Å². The molecule has 0 saturated carbocycles. The number of aliphatic hydroxyl groups is 2. The molecule has 24 nitrogen and oxygen atoms in total. The summed E-state index contributed by atoms with van der Waals surface area (Å²) in [6.45, 7) is -2.11. The first-order chi connectivity index (χ1) is 35.9. The SMILES string of the molecule is NCCC[C@H]1c2ccc3c(c[nH]c3c2)[C@H]2Oc3c(F)ccc4c(c[nH]c34)C[C@H](N)C(=O)N[C@@H](CC(N)=O)C(=O)N[C@@H]2C(=O)N[C@@H](CO)C(=O)NC1C(=O)N[C@@H](CO)C(=O)N[C@@H](Cc1c[nH]c2cc(F)ccc12)C(=O)O. The van der Waals surface area contributed by atoms with Gasteiger partial charge >= 0.3 is 5.97 Å². The summed E-state index contributed by atoms with van der Waals surface area (Å²) in [6.07, 6.45) is 1.75. The summed E-state index contributed by atoms with van der Waals surface area (Å²) in [4.78, 5) is 119. The van der Waals surface area contributed by atoms with Crippen LogP contribution in [0.25, 0.3) is 32.7 Å². The lowest BCUT2D eigenvalue weighted by Crippen LogP contribution is -2.62. The molecule has 9 rings (SSSR count). The number of rotatable bonds is 14. The van der Waals surface area contributed by atoms with Gasteiger partial charge in [-0.25, -0.2) is 13.6 Å². The molecule has 1 unspecified atom stereocenters. The highest BCUT2D eigenvalue weighted by atomic mass is 19.1. The van der Waals surface area contributed by atoms with E-state index in [1.165, 1.54) is 42.9 Å². The predicted molar refractivity (Wildman–Crippen MR) is 262 cm³/mol. The number of ether oxygens (including phenoxy) is 1. The van der Waals surface area contributed by atoms with Gasteiger partial charge in [-0.15, -0.1) is 0 Å². The van der Waals surface area contributed by atoms with Gasteiger partial charge in [0.05, 0.1) is 31.2 Å². The first-order valence-electron chi connectivity index (χ1n) is 23.7. The Balaban J connectivity index is 1.19. The zero-order valence-corrected chi connectivity index (χ0v) is 39.7. The van der Waals surface area contributed by atoms with Crippen LogP contribution in [0.4, 0.5) is 8.78 Å². The van der Waals surface area contributed by atoms with E-state index in [4.69, 9.17) is 21.9 Å². The number of amides is 7. The summed E-state index contributed by atoms with van der Waals surface area (Å²) in [7, 11) is 0. The number of benzene rings is 3. The van der Waals surface area contributed by atoms with Crippen LogP contribution < -0.4 is 53.8 Å². The van der Waals surface area contributed by atoms with Crippen molar-refractivity contribution < 1.29 is 67.2 Å². The molecule has 3 aromatic carbocycles. The van der Waals surface area contributed by atoms with E-state index in [1.54, 1.807) is 18.2 Å². The maximum Gasteiger partial charge on any atom is 0.326 e. The fourth-order valence-corrected chi connectivity index (χ4v) is 9.51. The van der Waals surface area contributed by atoms with Gasteiger partial charge < -0.3 is 84.1 Å². The van der Waals surface area contributed by atoms with E-state index in [-0.39, 0.29) is 43.3 Å². The Morgan fingerprint density at radius 1 is 0.787 bits per heavy atom. The lowest BCUT2D eigenvalue weighted by molar-refractivity contribution is -0.142. The number of aliphatic carboxylic acids is 1. The summed E-state index contributed by atoms with van der Waals surface area (Å²) in [5, 5.41) is 47.0. The monoisotopic (exact) mass is 1040 g/mol. The molecule has 0 fully saturated rings. The van der Waals surface area contributed by atoms with Crippen molar-refractivity contribution in [2.24, 2.45) is 17.2 Å². The molecule has 26 heteroatoms. The number of carbonyl (C=O) groups is 8.